The van der Waals surface area contributed by atoms with E-state index in [9.17, 15) is 9.59 Å². The zero-order valence-corrected chi connectivity index (χ0v) is 15.1. The Labute approximate surface area is 156 Å². The van der Waals surface area contributed by atoms with Gasteiger partial charge in [-0.2, -0.15) is 0 Å². The molecule has 1 amide bonds. The minimum absolute atomic E-state index is 0.104. The van der Waals surface area contributed by atoms with Gasteiger partial charge in [0.2, 0.25) is 0 Å². The Morgan fingerprint density at radius 1 is 1.30 bits per heavy atom. The van der Waals surface area contributed by atoms with Gasteiger partial charge in [0.1, 0.15) is 11.3 Å². The van der Waals surface area contributed by atoms with E-state index in [1.165, 1.54) is 0 Å². The second-order valence-corrected chi connectivity index (χ2v) is 6.76. The Hall–Kier alpha value is -3.15. The van der Waals surface area contributed by atoms with Crippen molar-refractivity contribution in [3.8, 4) is 5.75 Å². The van der Waals surface area contributed by atoms with Crippen molar-refractivity contribution in [2.45, 2.75) is 32.7 Å². The molecule has 6 heteroatoms. The molecular formula is C21H20N2O4. The number of hydrogen-bond acceptors (Lipinski definition) is 5. The number of benzene rings is 1. The van der Waals surface area contributed by atoms with Crippen LogP contribution < -0.4 is 15.7 Å². The Balaban J connectivity index is 1.54. The van der Waals surface area contributed by atoms with Gasteiger partial charge >= 0.3 is 5.63 Å². The SMILES string of the molecule is Cc1cc(OCC(=O)NCc2cccnc2)c2c3c(c(=O)oc2c1)CCC3. The maximum absolute atomic E-state index is 12.2. The number of aromatic nitrogens is 1. The highest BCUT2D eigenvalue weighted by atomic mass is 16.5. The molecule has 0 aliphatic heterocycles. The lowest BCUT2D eigenvalue weighted by atomic mass is 10.0. The zero-order valence-electron chi connectivity index (χ0n) is 15.1. The molecule has 1 aliphatic carbocycles. The van der Waals surface area contributed by atoms with Crippen LogP contribution in [0.3, 0.4) is 0 Å². The summed E-state index contributed by atoms with van der Waals surface area (Å²) in [6, 6.07) is 7.44. The maximum Gasteiger partial charge on any atom is 0.339 e. The molecule has 0 bridgehead atoms. The van der Waals surface area contributed by atoms with E-state index >= 15 is 0 Å². The van der Waals surface area contributed by atoms with E-state index in [2.05, 4.69) is 10.3 Å². The molecule has 1 aliphatic rings. The number of hydrogen-bond donors (Lipinski definition) is 1. The van der Waals surface area contributed by atoms with Gasteiger partial charge in [0, 0.05) is 24.5 Å². The fourth-order valence-electron chi connectivity index (χ4n) is 3.52. The summed E-state index contributed by atoms with van der Waals surface area (Å²) in [6.45, 7) is 2.20. The molecule has 1 aromatic carbocycles. The van der Waals surface area contributed by atoms with Gasteiger partial charge in [-0.1, -0.05) is 6.07 Å². The fourth-order valence-corrected chi connectivity index (χ4v) is 3.52. The summed E-state index contributed by atoms with van der Waals surface area (Å²) < 4.78 is 11.3. The number of nitrogens with one attached hydrogen (secondary N) is 1. The summed E-state index contributed by atoms with van der Waals surface area (Å²) in [6.07, 6.45) is 5.88. The summed E-state index contributed by atoms with van der Waals surface area (Å²) in [7, 11) is 0. The topological polar surface area (TPSA) is 81.4 Å². The number of nitrogens with zero attached hydrogens (tertiary/aromatic N) is 1. The maximum atomic E-state index is 12.2. The molecular weight excluding hydrogens is 344 g/mol. The van der Waals surface area contributed by atoms with E-state index in [-0.39, 0.29) is 18.1 Å². The van der Waals surface area contributed by atoms with E-state index in [0.29, 0.717) is 17.9 Å². The van der Waals surface area contributed by atoms with Crippen LogP contribution in [-0.4, -0.2) is 17.5 Å². The van der Waals surface area contributed by atoms with Crippen molar-refractivity contribution in [2.24, 2.45) is 0 Å². The molecule has 0 saturated heterocycles. The monoisotopic (exact) mass is 364 g/mol. The number of aryl methyl sites for hydroxylation is 2. The molecule has 1 N–H and O–H groups in total. The molecule has 0 saturated carbocycles. The molecule has 4 rings (SSSR count). The van der Waals surface area contributed by atoms with Gasteiger partial charge in [0.25, 0.3) is 5.91 Å². The predicted octanol–water partition coefficient (Wildman–Crippen LogP) is 2.68. The van der Waals surface area contributed by atoms with Gasteiger partial charge in [-0.25, -0.2) is 4.79 Å². The first-order valence-electron chi connectivity index (χ1n) is 8.99. The lowest BCUT2D eigenvalue weighted by molar-refractivity contribution is -0.123. The third-order valence-corrected chi connectivity index (χ3v) is 4.75. The first-order valence-corrected chi connectivity index (χ1v) is 8.99. The van der Waals surface area contributed by atoms with Gasteiger partial charge < -0.3 is 14.5 Å². The van der Waals surface area contributed by atoms with Gasteiger partial charge in [-0.3, -0.25) is 9.78 Å². The molecule has 138 valence electrons. The Kier molecular flexibility index (Phi) is 4.62. The van der Waals surface area contributed by atoms with E-state index in [1.807, 2.05) is 31.2 Å². The number of carbonyl (C=O) groups is 1. The number of rotatable bonds is 5. The molecule has 6 nitrogen and oxygen atoms in total. The average Bonchev–Trinajstić information content (AvgIpc) is 3.15. The summed E-state index contributed by atoms with van der Waals surface area (Å²) in [5, 5.41) is 3.63. The van der Waals surface area contributed by atoms with Crippen LogP contribution in [0.15, 0.2) is 45.9 Å². The third kappa shape index (κ3) is 3.56. The Morgan fingerprint density at radius 3 is 2.96 bits per heavy atom. The largest absolute Gasteiger partial charge is 0.483 e. The van der Waals surface area contributed by atoms with Crippen LogP contribution in [0.2, 0.25) is 0 Å². The summed E-state index contributed by atoms with van der Waals surface area (Å²) in [5.74, 6) is 0.367. The van der Waals surface area contributed by atoms with Crippen molar-refractivity contribution in [1.29, 1.82) is 0 Å². The van der Waals surface area contributed by atoms with E-state index in [1.54, 1.807) is 12.4 Å². The average molecular weight is 364 g/mol. The molecule has 0 radical (unpaired) electrons. The number of ether oxygens (including phenoxy) is 1. The third-order valence-electron chi connectivity index (χ3n) is 4.75. The first kappa shape index (κ1) is 17.3. The second kappa shape index (κ2) is 7.23. The van der Waals surface area contributed by atoms with Crippen molar-refractivity contribution >= 4 is 16.9 Å². The second-order valence-electron chi connectivity index (χ2n) is 6.76. The van der Waals surface area contributed by atoms with Crippen molar-refractivity contribution in [3.05, 3.63) is 69.3 Å². The standard InChI is InChI=1S/C21H20N2O4/c1-13-8-17(26-12-19(24)23-11-14-4-3-7-22-10-14)20-15-5-2-6-16(15)21(25)27-18(20)9-13/h3-4,7-10H,2,5-6,11-12H2,1H3,(H,23,24). The van der Waals surface area contributed by atoms with E-state index < -0.39 is 0 Å². The van der Waals surface area contributed by atoms with Crippen molar-refractivity contribution in [1.82, 2.24) is 10.3 Å². The molecule has 2 heterocycles. The van der Waals surface area contributed by atoms with Crippen LogP contribution in [0, 0.1) is 6.92 Å². The van der Waals surface area contributed by atoms with Gasteiger partial charge in [0.15, 0.2) is 6.61 Å². The first-order chi connectivity index (χ1) is 13.1. The van der Waals surface area contributed by atoms with Gasteiger partial charge in [-0.15, -0.1) is 0 Å². The number of pyridine rings is 1. The van der Waals surface area contributed by atoms with Crippen molar-refractivity contribution in [2.75, 3.05) is 6.61 Å². The molecule has 27 heavy (non-hydrogen) atoms. The van der Waals surface area contributed by atoms with Crippen molar-refractivity contribution in [3.63, 3.8) is 0 Å². The van der Waals surface area contributed by atoms with Gasteiger partial charge in [0.05, 0.1) is 5.39 Å². The lowest BCUT2D eigenvalue weighted by Gasteiger charge is -2.13. The van der Waals surface area contributed by atoms with Crippen LogP contribution in [0.5, 0.6) is 5.75 Å². The lowest BCUT2D eigenvalue weighted by Crippen LogP contribution is -2.28. The fraction of sp³-hybridized carbons (Fsp3) is 0.286. The molecule has 0 fully saturated rings. The summed E-state index contributed by atoms with van der Waals surface area (Å²) in [5.41, 5.74) is 3.82. The van der Waals surface area contributed by atoms with Crippen LogP contribution in [0.1, 0.15) is 28.7 Å². The predicted molar refractivity (Wildman–Crippen MR) is 101 cm³/mol. The summed E-state index contributed by atoms with van der Waals surface area (Å²) >= 11 is 0. The van der Waals surface area contributed by atoms with Crippen LogP contribution in [0.4, 0.5) is 0 Å². The molecule has 0 atom stereocenters. The molecule has 0 spiro atoms. The Morgan fingerprint density at radius 2 is 2.15 bits per heavy atom. The summed E-state index contributed by atoms with van der Waals surface area (Å²) in [4.78, 5) is 28.3. The number of carbonyl (C=O) groups excluding carboxylic acids is 1. The van der Waals surface area contributed by atoms with E-state index in [4.69, 9.17) is 9.15 Å². The highest BCUT2D eigenvalue weighted by molar-refractivity contribution is 5.89. The minimum Gasteiger partial charge on any atom is -0.483 e. The molecule has 2 aromatic heterocycles. The van der Waals surface area contributed by atoms with Gasteiger partial charge in [-0.05, 0) is 61.1 Å². The van der Waals surface area contributed by atoms with E-state index in [0.717, 1.165) is 46.9 Å². The minimum atomic E-state index is -0.263. The van der Waals surface area contributed by atoms with Crippen LogP contribution >= 0.6 is 0 Å². The molecule has 3 aromatic rings. The smallest absolute Gasteiger partial charge is 0.339 e. The normalized spacial score (nSPS) is 12.8. The van der Waals surface area contributed by atoms with Crippen molar-refractivity contribution < 1.29 is 13.9 Å². The highest BCUT2D eigenvalue weighted by Crippen LogP contribution is 2.35. The highest BCUT2D eigenvalue weighted by Gasteiger charge is 2.22. The van der Waals surface area contributed by atoms with Crippen LogP contribution in [-0.2, 0) is 24.2 Å². The zero-order chi connectivity index (χ0) is 18.8. The Bertz CT molecular complexity index is 1060. The number of amides is 1. The quantitative estimate of drug-likeness (QED) is 0.704. The van der Waals surface area contributed by atoms with Crippen LogP contribution in [0.25, 0.3) is 11.0 Å². The molecule has 0 unspecified atom stereocenters. The number of fused-ring (bicyclic) bond motifs is 3.